The molecule has 0 bridgehead atoms. The Labute approximate surface area is 113 Å². The van der Waals surface area contributed by atoms with Crippen LogP contribution >= 0.6 is 0 Å². The van der Waals surface area contributed by atoms with E-state index in [0.29, 0.717) is 12.0 Å². The summed E-state index contributed by atoms with van der Waals surface area (Å²) in [7, 11) is 0. The van der Waals surface area contributed by atoms with E-state index in [2.05, 4.69) is 9.47 Å². The lowest BCUT2D eigenvalue weighted by atomic mass is 10.0. The quantitative estimate of drug-likeness (QED) is 0.798. The first-order valence-corrected chi connectivity index (χ1v) is 5.82. The SMILES string of the molecule is CCOC(=O)c1ccc(CC)c(C#N)c1OC(F)(F)F. The lowest BCUT2D eigenvalue weighted by molar-refractivity contribution is -0.274. The van der Waals surface area contributed by atoms with Crippen LogP contribution in [0.1, 0.15) is 35.3 Å². The zero-order valence-corrected chi connectivity index (χ0v) is 10.9. The van der Waals surface area contributed by atoms with Gasteiger partial charge in [0.2, 0.25) is 0 Å². The monoisotopic (exact) mass is 287 g/mol. The number of hydrogen-bond donors (Lipinski definition) is 0. The second-order valence-corrected chi connectivity index (χ2v) is 3.71. The number of hydrogen-bond acceptors (Lipinski definition) is 4. The third-order valence-corrected chi connectivity index (χ3v) is 2.45. The van der Waals surface area contributed by atoms with Gasteiger partial charge >= 0.3 is 12.3 Å². The van der Waals surface area contributed by atoms with Crippen LogP contribution in [-0.4, -0.2) is 18.9 Å². The van der Waals surface area contributed by atoms with Crippen molar-refractivity contribution in [1.82, 2.24) is 0 Å². The fourth-order valence-corrected chi connectivity index (χ4v) is 1.63. The van der Waals surface area contributed by atoms with Crippen LogP contribution in [0, 0.1) is 11.3 Å². The normalized spacial score (nSPS) is 10.8. The van der Waals surface area contributed by atoms with E-state index in [0.717, 1.165) is 0 Å². The van der Waals surface area contributed by atoms with Crippen LogP contribution in [0.3, 0.4) is 0 Å². The summed E-state index contributed by atoms with van der Waals surface area (Å²) in [5, 5.41) is 9.01. The van der Waals surface area contributed by atoms with E-state index in [9.17, 15) is 18.0 Å². The maximum atomic E-state index is 12.4. The number of aryl methyl sites for hydroxylation is 1. The van der Waals surface area contributed by atoms with Crippen molar-refractivity contribution < 1.29 is 27.4 Å². The maximum absolute atomic E-state index is 12.4. The highest BCUT2D eigenvalue weighted by Crippen LogP contribution is 2.32. The van der Waals surface area contributed by atoms with Crippen molar-refractivity contribution in [3.8, 4) is 11.8 Å². The summed E-state index contributed by atoms with van der Waals surface area (Å²) in [5.74, 6) is -1.77. The van der Waals surface area contributed by atoms with E-state index in [4.69, 9.17) is 5.26 Å². The number of ether oxygens (including phenoxy) is 2. The number of carbonyl (C=O) groups excluding carboxylic acids is 1. The van der Waals surface area contributed by atoms with Gasteiger partial charge in [-0.25, -0.2) is 4.79 Å². The molecule has 0 unspecified atom stereocenters. The summed E-state index contributed by atoms with van der Waals surface area (Å²) in [6.07, 6.45) is -4.67. The molecule has 0 fully saturated rings. The number of halogens is 3. The molecular weight excluding hydrogens is 275 g/mol. The largest absolute Gasteiger partial charge is 0.573 e. The Kier molecular flexibility index (Phi) is 4.97. The molecule has 0 heterocycles. The Bertz CT molecular complexity index is 547. The molecule has 0 atom stereocenters. The molecule has 1 rings (SSSR count). The summed E-state index contributed by atoms with van der Waals surface area (Å²) in [6.45, 7) is 3.20. The Morgan fingerprint density at radius 3 is 2.45 bits per heavy atom. The standard InChI is InChI=1S/C13H12F3NO3/c1-3-8-5-6-9(12(18)19-4-2)11(10(8)7-17)20-13(14,15)16/h5-6H,3-4H2,1-2H3. The van der Waals surface area contributed by atoms with Gasteiger partial charge in [-0.15, -0.1) is 13.2 Å². The smallest absolute Gasteiger partial charge is 0.462 e. The van der Waals surface area contributed by atoms with Crippen molar-refractivity contribution in [3.05, 3.63) is 28.8 Å². The minimum atomic E-state index is -5.00. The third kappa shape index (κ3) is 3.63. The van der Waals surface area contributed by atoms with E-state index >= 15 is 0 Å². The number of benzene rings is 1. The van der Waals surface area contributed by atoms with Crippen LogP contribution in [0.15, 0.2) is 12.1 Å². The molecule has 1 aromatic rings. The minimum Gasteiger partial charge on any atom is -0.462 e. The van der Waals surface area contributed by atoms with E-state index in [1.54, 1.807) is 13.0 Å². The van der Waals surface area contributed by atoms with Crippen LogP contribution in [0.25, 0.3) is 0 Å². The summed E-state index contributed by atoms with van der Waals surface area (Å²) in [5.41, 5.74) is -0.367. The van der Waals surface area contributed by atoms with Gasteiger partial charge in [-0.05, 0) is 25.0 Å². The molecule has 108 valence electrons. The van der Waals surface area contributed by atoms with Gasteiger partial charge in [0, 0.05) is 0 Å². The van der Waals surface area contributed by atoms with Gasteiger partial charge in [0.15, 0.2) is 5.75 Å². The number of esters is 1. The van der Waals surface area contributed by atoms with Crippen molar-refractivity contribution in [2.24, 2.45) is 0 Å². The molecule has 20 heavy (non-hydrogen) atoms. The number of nitrogens with zero attached hydrogens (tertiary/aromatic N) is 1. The first-order valence-electron chi connectivity index (χ1n) is 5.82. The first kappa shape index (κ1) is 15.8. The second-order valence-electron chi connectivity index (χ2n) is 3.71. The zero-order chi connectivity index (χ0) is 15.3. The van der Waals surface area contributed by atoms with Crippen molar-refractivity contribution in [3.63, 3.8) is 0 Å². The van der Waals surface area contributed by atoms with Gasteiger partial charge in [0.25, 0.3) is 0 Å². The van der Waals surface area contributed by atoms with E-state index < -0.39 is 23.6 Å². The molecule has 1 aromatic carbocycles. The fraction of sp³-hybridized carbons (Fsp3) is 0.385. The molecular formula is C13H12F3NO3. The Morgan fingerprint density at radius 1 is 1.35 bits per heavy atom. The van der Waals surface area contributed by atoms with Crippen LogP contribution < -0.4 is 4.74 Å². The average molecular weight is 287 g/mol. The number of alkyl halides is 3. The van der Waals surface area contributed by atoms with Gasteiger partial charge in [-0.2, -0.15) is 5.26 Å². The Balaban J connectivity index is 3.45. The zero-order valence-electron chi connectivity index (χ0n) is 10.9. The highest BCUT2D eigenvalue weighted by molar-refractivity contribution is 5.93. The highest BCUT2D eigenvalue weighted by atomic mass is 19.4. The van der Waals surface area contributed by atoms with E-state index in [1.807, 2.05) is 0 Å². The van der Waals surface area contributed by atoms with Crippen LogP contribution in [0.2, 0.25) is 0 Å². The fourth-order valence-electron chi connectivity index (χ4n) is 1.63. The summed E-state index contributed by atoms with van der Waals surface area (Å²) in [4.78, 5) is 11.6. The molecule has 0 amide bonds. The summed E-state index contributed by atoms with van der Waals surface area (Å²) in [6, 6.07) is 4.22. The molecule has 0 aliphatic heterocycles. The summed E-state index contributed by atoms with van der Waals surface area (Å²) < 4.78 is 45.8. The number of rotatable bonds is 4. The molecule has 0 N–H and O–H groups in total. The van der Waals surface area contributed by atoms with Crippen molar-refractivity contribution in [1.29, 1.82) is 5.26 Å². The second kappa shape index (κ2) is 6.28. The Hall–Kier alpha value is -2.23. The van der Waals surface area contributed by atoms with Crippen molar-refractivity contribution >= 4 is 5.97 Å². The molecule has 0 radical (unpaired) electrons. The van der Waals surface area contributed by atoms with Crippen molar-refractivity contribution in [2.45, 2.75) is 26.6 Å². The maximum Gasteiger partial charge on any atom is 0.573 e. The summed E-state index contributed by atoms with van der Waals surface area (Å²) >= 11 is 0. The third-order valence-electron chi connectivity index (χ3n) is 2.45. The van der Waals surface area contributed by atoms with E-state index in [1.165, 1.54) is 19.1 Å². The van der Waals surface area contributed by atoms with E-state index in [-0.39, 0.29) is 12.2 Å². The molecule has 0 aromatic heterocycles. The lowest BCUT2D eigenvalue weighted by Gasteiger charge is -2.15. The van der Waals surface area contributed by atoms with Gasteiger partial charge in [-0.1, -0.05) is 13.0 Å². The average Bonchev–Trinajstić information content (AvgIpc) is 2.36. The number of nitriles is 1. The topological polar surface area (TPSA) is 59.3 Å². The first-order chi connectivity index (χ1) is 9.34. The molecule has 0 aliphatic rings. The van der Waals surface area contributed by atoms with Crippen LogP contribution in [-0.2, 0) is 11.2 Å². The van der Waals surface area contributed by atoms with Gasteiger partial charge in [-0.3, -0.25) is 0 Å². The molecule has 7 heteroatoms. The molecule has 4 nitrogen and oxygen atoms in total. The van der Waals surface area contributed by atoms with Crippen LogP contribution in [0.5, 0.6) is 5.75 Å². The van der Waals surface area contributed by atoms with Gasteiger partial charge in [0.1, 0.15) is 11.6 Å². The predicted molar refractivity (Wildman–Crippen MR) is 63.2 cm³/mol. The van der Waals surface area contributed by atoms with Gasteiger partial charge in [0.05, 0.1) is 12.2 Å². The minimum absolute atomic E-state index is 0.00169. The Morgan fingerprint density at radius 2 is 2.00 bits per heavy atom. The number of carbonyl (C=O) groups is 1. The molecule has 0 saturated heterocycles. The predicted octanol–water partition coefficient (Wildman–Crippen LogP) is 3.20. The molecule has 0 saturated carbocycles. The van der Waals surface area contributed by atoms with Gasteiger partial charge < -0.3 is 9.47 Å². The highest BCUT2D eigenvalue weighted by Gasteiger charge is 2.35. The molecule has 0 aliphatic carbocycles. The molecule has 0 spiro atoms. The lowest BCUT2D eigenvalue weighted by Crippen LogP contribution is -2.21. The van der Waals surface area contributed by atoms with Crippen molar-refractivity contribution in [2.75, 3.05) is 6.61 Å². The van der Waals surface area contributed by atoms with Crippen LogP contribution in [0.4, 0.5) is 13.2 Å².